The number of likely N-dealkylation sites (tertiary alicyclic amines) is 2. The second kappa shape index (κ2) is 8.31. The van der Waals surface area contributed by atoms with Crippen LogP contribution in [0.2, 0.25) is 0 Å². The highest BCUT2D eigenvalue weighted by Gasteiger charge is 2.52. The van der Waals surface area contributed by atoms with E-state index in [1.165, 1.54) is 44.8 Å². The van der Waals surface area contributed by atoms with E-state index in [4.69, 9.17) is 4.42 Å². The normalized spacial score (nSPS) is 33.4. The number of hydrogen-bond acceptors (Lipinski definition) is 4. The number of carbonyl (C=O) groups is 3. The first-order chi connectivity index (χ1) is 16.4. The van der Waals surface area contributed by atoms with Gasteiger partial charge in [-0.25, -0.2) is 4.79 Å². The molecule has 34 heavy (non-hydrogen) atoms. The standard InChI is InChI=1S/C26H36N4O4/c31-22(16-27-23(32)21-2-1-9-34-21)29-6-3-25(4-7-29)5-8-30(17-25)24(33)28-26-13-18-10-19(14-26)12-20(11-18)15-26/h1-2,9,18-20H,3-8,10-17H2,(H,27,32)(H,28,33). The third kappa shape index (κ3) is 4.09. The number of rotatable bonds is 4. The molecule has 4 bridgehead atoms. The lowest BCUT2D eigenvalue weighted by molar-refractivity contribution is -0.132. The zero-order chi connectivity index (χ0) is 23.3. The average Bonchev–Trinajstić information content (AvgIpc) is 3.48. The molecule has 3 heterocycles. The van der Waals surface area contributed by atoms with E-state index in [1.54, 1.807) is 12.1 Å². The van der Waals surface area contributed by atoms with Gasteiger partial charge in [0.1, 0.15) is 0 Å². The number of hydrogen-bond donors (Lipinski definition) is 2. The van der Waals surface area contributed by atoms with Crippen LogP contribution < -0.4 is 10.6 Å². The minimum Gasteiger partial charge on any atom is -0.459 e. The highest BCUT2D eigenvalue weighted by Crippen LogP contribution is 2.55. The highest BCUT2D eigenvalue weighted by molar-refractivity contribution is 5.94. The molecule has 2 saturated heterocycles. The van der Waals surface area contributed by atoms with Gasteiger partial charge in [0.25, 0.3) is 5.91 Å². The van der Waals surface area contributed by atoms with Gasteiger partial charge in [0.15, 0.2) is 5.76 Å². The third-order valence-electron chi connectivity index (χ3n) is 9.46. The molecule has 0 unspecified atom stereocenters. The first kappa shape index (κ1) is 22.0. The summed E-state index contributed by atoms with van der Waals surface area (Å²) in [6, 6.07) is 3.36. The van der Waals surface area contributed by atoms with Gasteiger partial charge in [-0.1, -0.05) is 0 Å². The Morgan fingerprint density at radius 3 is 2.15 bits per heavy atom. The first-order valence-electron chi connectivity index (χ1n) is 13.1. The van der Waals surface area contributed by atoms with E-state index in [1.807, 2.05) is 9.80 Å². The summed E-state index contributed by atoms with van der Waals surface area (Å²) in [6.45, 7) is 2.94. The van der Waals surface area contributed by atoms with E-state index < -0.39 is 0 Å². The van der Waals surface area contributed by atoms with Gasteiger partial charge in [-0.15, -0.1) is 0 Å². The van der Waals surface area contributed by atoms with Crippen LogP contribution >= 0.6 is 0 Å². The van der Waals surface area contributed by atoms with Crippen LogP contribution in [0.3, 0.4) is 0 Å². The molecule has 8 heteroatoms. The maximum Gasteiger partial charge on any atom is 0.317 e. The van der Waals surface area contributed by atoms with Gasteiger partial charge in [-0.05, 0) is 93.1 Å². The second-order valence-electron chi connectivity index (χ2n) is 11.8. The topological polar surface area (TPSA) is 94.9 Å². The molecule has 1 spiro atoms. The fraction of sp³-hybridized carbons (Fsp3) is 0.731. The SMILES string of the molecule is O=C(NCC(=O)N1CCC2(CC1)CCN(C(=O)NC13CC4CC(CC(C4)C1)C3)C2)c1ccco1. The smallest absolute Gasteiger partial charge is 0.317 e. The van der Waals surface area contributed by atoms with Crippen molar-refractivity contribution >= 4 is 17.8 Å². The molecule has 1 aromatic heterocycles. The predicted octanol–water partition coefficient (Wildman–Crippen LogP) is 3.00. The van der Waals surface area contributed by atoms with E-state index in [9.17, 15) is 14.4 Å². The van der Waals surface area contributed by atoms with Crippen LogP contribution in [-0.4, -0.2) is 65.9 Å². The number of piperidine rings is 1. The van der Waals surface area contributed by atoms with Gasteiger partial charge in [-0.2, -0.15) is 0 Å². The molecule has 0 atom stereocenters. The molecule has 184 valence electrons. The largest absolute Gasteiger partial charge is 0.459 e. The van der Waals surface area contributed by atoms with Crippen molar-refractivity contribution < 1.29 is 18.8 Å². The number of furan rings is 1. The lowest BCUT2D eigenvalue weighted by atomic mass is 9.53. The Labute approximate surface area is 200 Å². The molecule has 4 aliphatic carbocycles. The van der Waals surface area contributed by atoms with Crippen molar-refractivity contribution in [1.29, 1.82) is 0 Å². The van der Waals surface area contributed by atoms with Crippen molar-refractivity contribution in [2.24, 2.45) is 23.2 Å². The van der Waals surface area contributed by atoms with Crippen LogP contribution in [0, 0.1) is 23.2 Å². The Bertz CT molecular complexity index is 915. The minimum absolute atomic E-state index is 0.0217. The summed E-state index contributed by atoms with van der Waals surface area (Å²) < 4.78 is 5.07. The number of amides is 4. The Morgan fingerprint density at radius 1 is 0.941 bits per heavy atom. The maximum atomic E-state index is 13.3. The summed E-state index contributed by atoms with van der Waals surface area (Å²) in [5.74, 6) is 2.24. The second-order valence-corrected chi connectivity index (χ2v) is 11.8. The van der Waals surface area contributed by atoms with Crippen LogP contribution in [0.15, 0.2) is 22.8 Å². The number of carbonyl (C=O) groups excluding carboxylic acids is 3. The van der Waals surface area contributed by atoms with Crippen molar-refractivity contribution in [3.63, 3.8) is 0 Å². The van der Waals surface area contributed by atoms with Crippen molar-refractivity contribution in [3.8, 4) is 0 Å². The average molecular weight is 469 g/mol. The Balaban J connectivity index is 0.984. The van der Waals surface area contributed by atoms with Crippen molar-refractivity contribution in [2.45, 2.75) is 63.3 Å². The van der Waals surface area contributed by atoms with Gasteiger partial charge in [0.2, 0.25) is 5.91 Å². The van der Waals surface area contributed by atoms with Crippen LogP contribution in [-0.2, 0) is 4.79 Å². The summed E-state index contributed by atoms with van der Waals surface area (Å²) in [7, 11) is 0. The van der Waals surface area contributed by atoms with Gasteiger partial charge in [0.05, 0.1) is 12.8 Å². The predicted molar refractivity (Wildman–Crippen MR) is 125 cm³/mol. The van der Waals surface area contributed by atoms with Gasteiger partial charge in [-0.3, -0.25) is 9.59 Å². The Morgan fingerprint density at radius 2 is 1.56 bits per heavy atom. The maximum absolute atomic E-state index is 13.3. The molecule has 6 fully saturated rings. The summed E-state index contributed by atoms with van der Waals surface area (Å²) in [5, 5.41) is 6.17. The molecule has 4 amide bonds. The van der Waals surface area contributed by atoms with Crippen LogP contribution in [0.1, 0.15) is 68.3 Å². The van der Waals surface area contributed by atoms with E-state index >= 15 is 0 Å². The lowest BCUT2D eigenvalue weighted by Crippen LogP contribution is -2.61. The fourth-order valence-corrected chi connectivity index (χ4v) is 8.08. The fourth-order valence-electron chi connectivity index (χ4n) is 8.08. The summed E-state index contributed by atoms with van der Waals surface area (Å²) in [5.41, 5.74) is 0.171. The lowest BCUT2D eigenvalue weighted by Gasteiger charge is -2.57. The van der Waals surface area contributed by atoms with E-state index in [0.717, 1.165) is 50.1 Å². The van der Waals surface area contributed by atoms with Crippen LogP contribution in [0.4, 0.5) is 4.79 Å². The molecular weight excluding hydrogens is 432 g/mol. The van der Waals surface area contributed by atoms with E-state index in [0.29, 0.717) is 13.1 Å². The zero-order valence-electron chi connectivity index (χ0n) is 19.9. The quantitative estimate of drug-likeness (QED) is 0.710. The molecule has 2 aliphatic heterocycles. The molecule has 4 saturated carbocycles. The van der Waals surface area contributed by atoms with E-state index in [-0.39, 0.29) is 41.1 Å². The van der Waals surface area contributed by atoms with Crippen molar-refractivity contribution in [1.82, 2.24) is 20.4 Å². The van der Waals surface area contributed by atoms with Crippen molar-refractivity contribution in [2.75, 3.05) is 32.7 Å². The minimum atomic E-state index is -0.372. The molecule has 0 aromatic carbocycles. The van der Waals surface area contributed by atoms with E-state index in [2.05, 4.69) is 10.6 Å². The molecule has 2 N–H and O–H groups in total. The molecule has 1 aromatic rings. The Kier molecular flexibility index (Phi) is 5.37. The molecule has 0 radical (unpaired) electrons. The summed E-state index contributed by atoms with van der Waals surface area (Å²) >= 11 is 0. The number of nitrogens with zero attached hydrogens (tertiary/aromatic N) is 2. The molecule has 6 aliphatic rings. The summed E-state index contributed by atoms with van der Waals surface area (Å²) in [6.07, 6.45) is 11.9. The monoisotopic (exact) mass is 468 g/mol. The van der Waals surface area contributed by atoms with Crippen LogP contribution in [0.25, 0.3) is 0 Å². The van der Waals surface area contributed by atoms with Gasteiger partial charge < -0.3 is 24.9 Å². The zero-order valence-corrected chi connectivity index (χ0v) is 19.9. The van der Waals surface area contributed by atoms with Gasteiger partial charge in [0, 0.05) is 31.7 Å². The number of urea groups is 1. The van der Waals surface area contributed by atoms with Crippen molar-refractivity contribution in [3.05, 3.63) is 24.2 Å². The number of nitrogens with one attached hydrogen (secondary N) is 2. The van der Waals surface area contributed by atoms with Crippen LogP contribution in [0.5, 0.6) is 0 Å². The highest BCUT2D eigenvalue weighted by atomic mass is 16.3. The Hall–Kier alpha value is -2.51. The third-order valence-corrected chi connectivity index (χ3v) is 9.46. The first-order valence-corrected chi connectivity index (χ1v) is 13.1. The molecule has 8 nitrogen and oxygen atoms in total. The molecular formula is C26H36N4O4. The summed E-state index contributed by atoms with van der Waals surface area (Å²) in [4.78, 5) is 41.8. The molecule has 7 rings (SSSR count). The van der Waals surface area contributed by atoms with Gasteiger partial charge >= 0.3 is 6.03 Å².